The number of ether oxygens (including phenoxy) is 1. The van der Waals surface area contributed by atoms with E-state index in [-0.39, 0.29) is 31.0 Å². The Morgan fingerprint density at radius 2 is 1.75 bits per heavy atom. The first-order valence-corrected chi connectivity index (χ1v) is 13.2. The van der Waals surface area contributed by atoms with Gasteiger partial charge < -0.3 is 15.0 Å². The van der Waals surface area contributed by atoms with Crippen molar-refractivity contribution in [3.05, 3.63) is 99.0 Å². The smallest absolute Gasteiger partial charge is 0.261 e. The third-order valence-corrected chi connectivity index (χ3v) is 7.13. The van der Waals surface area contributed by atoms with E-state index in [2.05, 4.69) is 21.2 Å². The van der Waals surface area contributed by atoms with Crippen molar-refractivity contribution in [1.82, 2.24) is 10.2 Å². The molecule has 3 aromatic carbocycles. The molecule has 3 rings (SSSR count). The minimum atomic E-state index is -0.719. The van der Waals surface area contributed by atoms with E-state index in [4.69, 9.17) is 16.3 Å². The van der Waals surface area contributed by atoms with Crippen LogP contribution in [0.1, 0.15) is 37.0 Å². The van der Waals surface area contributed by atoms with Crippen molar-refractivity contribution in [3.8, 4) is 5.75 Å². The summed E-state index contributed by atoms with van der Waals surface area (Å²) in [6.07, 6.45) is 1.17. The number of amides is 2. The Morgan fingerprint density at radius 1 is 1.03 bits per heavy atom. The molecule has 0 heterocycles. The maximum absolute atomic E-state index is 13.6. The zero-order chi connectivity index (χ0) is 26.1. The van der Waals surface area contributed by atoms with Crippen LogP contribution < -0.4 is 10.1 Å². The Hall–Kier alpha value is -2.83. The fourth-order valence-electron chi connectivity index (χ4n) is 3.76. The van der Waals surface area contributed by atoms with Crippen molar-refractivity contribution in [2.45, 2.75) is 52.2 Å². The molecule has 0 aromatic heterocycles. The van der Waals surface area contributed by atoms with Gasteiger partial charge in [-0.25, -0.2) is 0 Å². The summed E-state index contributed by atoms with van der Waals surface area (Å²) in [6, 6.07) is 21.9. The summed E-state index contributed by atoms with van der Waals surface area (Å²) in [5.74, 6) is 0.120. The zero-order valence-corrected chi connectivity index (χ0v) is 23.2. The maximum atomic E-state index is 13.6. The summed E-state index contributed by atoms with van der Waals surface area (Å²) in [6.45, 7) is 5.97. The van der Waals surface area contributed by atoms with Crippen LogP contribution in [-0.4, -0.2) is 35.4 Å². The predicted molar refractivity (Wildman–Crippen MR) is 148 cm³/mol. The van der Waals surface area contributed by atoms with Crippen LogP contribution in [0.5, 0.6) is 5.75 Å². The summed E-state index contributed by atoms with van der Waals surface area (Å²) >= 11 is 9.71. The molecule has 2 atom stereocenters. The fraction of sp³-hybridized carbons (Fsp3) is 0.310. The summed E-state index contributed by atoms with van der Waals surface area (Å²) in [5.41, 5.74) is 2.81. The van der Waals surface area contributed by atoms with Crippen LogP contribution in [0.15, 0.2) is 77.3 Å². The number of carbonyl (C=O) groups excluding carboxylic acids is 2. The van der Waals surface area contributed by atoms with Crippen molar-refractivity contribution >= 4 is 39.3 Å². The van der Waals surface area contributed by atoms with Crippen molar-refractivity contribution in [3.63, 3.8) is 0 Å². The highest BCUT2D eigenvalue weighted by Gasteiger charge is 2.31. The van der Waals surface area contributed by atoms with Gasteiger partial charge in [-0.3, -0.25) is 9.59 Å². The van der Waals surface area contributed by atoms with Gasteiger partial charge in [-0.15, -0.1) is 0 Å². The molecule has 1 N–H and O–H groups in total. The van der Waals surface area contributed by atoms with Gasteiger partial charge in [-0.2, -0.15) is 0 Å². The van der Waals surface area contributed by atoms with E-state index in [9.17, 15) is 9.59 Å². The largest absolute Gasteiger partial charge is 0.484 e. The van der Waals surface area contributed by atoms with Crippen LogP contribution in [0, 0.1) is 6.92 Å². The van der Waals surface area contributed by atoms with E-state index >= 15 is 0 Å². The topological polar surface area (TPSA) is 58.6 Å². The highest BCUT2D eigenvalue weighted by Crippen LogP contribution is 2.22. The average Bonchev–Trinajstić information content (AvgIpc) is 2.87. The van der Waals surface area contributed by atoms with E-state index in [1.165, 1.54) is 0 Å². The minimum absolute atomic E-state index is 0.0131. The molecule has 0 unspecified atom stereocenters. The molecule has 0 aliphatic rings. The van der Waals surface area contributed by atoms with Crippen LogP contribution in [0.3, 0.4) is 0 Å². The standard InChI is InChI=1S/C29H32BrClN2O3/c1-4-21(3)32-29(35)27(17-22-9-6-5-7-10-22)33(18-23-11-8-12-24(31)16-23)28(34)19-36-25-13-14-26(30)20(2)15-25/h5-16,21,27H,4,17-19H2,1-3H3,(H,32,35)/t21-,27+/m1/s1. The van der Waals surface area contributed by atoms with E-state index in [0.29, 0.717) is 17.2 Å². The van der Waals surface area contributed by atoms with Crippen molar-refractivity contribution in [2.24, 2.45) is 0 Å². The molecule has 5 nitrogen and oxygen atoms in total. The summed E-state index contributed by atoms with van der Waals surface area (Å²) in [5, 5.41) is 3.64. The third kappa shape index (κ3) is 8.10. The second-order valence-electron chi connectivity index (χ2n) is 8.87. The molecule has 0 saturated heterocycles. The van der Waals surface area contributed by atoms with Crippen LogP contribution in [0.4, 0.5) is 0 Å². The summed E-state index contributed by atoms with van der Waals surface area (Å²) < 4.78 is 6.82. The van der Waals surface area contributed by atoms with E-state index in [1.54, 1.807) is 11.0 Å². The van der Waals surface area contributed by atoms with Gasteiger partial charge in [0, 0.05) is 28.5 Å². The Bertz CT molecular complexity index is 1170. The summed E-state index contributed by atoms with van der Waals surface area (Å²) in [4.78, 5) is 28.7. The Kier molecular flexibility index (Phi) is 10.4. The Balaban J connectivity index is 1.91. The van der Waals surface area contributed by atoms with Crippen LogP contribution in [0.2, 0.25) is 5.02 Å². The predicted octanol–water partition coefficient (Wildman–Crippen LogP) is 6.34. The minimum Gasteiger partial charge on any atom is -0.484 e. The molecule has 0 fully saturated rings. The van der Waals surface area contributed by atoms with Gasteiger partial charge in [0.25, 0.3) is 5.91 Å². The molecule has 0 spiro atoms. The molecule has 36 heavy (non-hydrogen) atoms. The van der Waals surface area contributed by atoms with E-state index < -0.39 is 6.04 Å². The van der Waals surface area contributed by atoms with Crippen LogP contribution in [0.25, 0.3) is 0 Å². The lowest BCUT2D eigenvalue weighted by Gasteiger charge is -2.32. The molecule has 0 aliphatic carbocycles. The van der Waals surface area contributed by atoms with Gasteiger partial charge in [0.1, 0.15) is 11.8 Å². The number of carbonyl (C=O) groups is 2. The molecule has 0 saturated carbocycles. The zero-order valence-electron chi connectivity index (χ0n) is 20.8. The molecule has 0 radical (unpaired) electrons. The number of halogens is 2. The Labute approximate surface area is 226 Å². The number of rotatable bonds is 11. The van der Waals surface area contributed by atoms with Gasteiger partial charge in [-0.1, -0.05) is 76.9 Å². The number of hydrogen-bond donors (Lipinski definition) is 1. The molecule has 0 bridgehead atoms. The second-order valence-corrected chi connectivity index (χ2v) is 10.2. The van der Waals surface area contributed by atoms with Crippen molar-refractivity contribution in [2.75, 3.05) is 6.61 Å². The van der Waals surface area contributed by atoms with Crippen molar-refractivity contribution in [1.29, 1.82) is 0 Å². The fourth-order valence-corrected chi connectivity index (χ4v) is 4.22. The number of nitrogens with zero attached hydrogens (tertiary/aromatic N) is 1. The van der Waals surface area contributed by atoms with E-state index in [1.807, 2.05) is 87.5 Å². The van der Waals surface area contributed by atoms with Gasteiger partial charge in [-0.05, 0) is 67.3 Å². The van der Waals surface area contributed by atoms with Crippen molar-refractivity contribution < 1.29 is 14.3 Å². The first kappa shape index (κ1) is 27.8. The lowest BCUT2D eigenvalue weighted by atomic mass is 10.0. The van der Waals surface area contributed by atoms with Gasteiger partial charge in [0.2, 0.25) is 5.91 Å². The molecule has 3 aromatic rings. The molecular weight excluding hydrogens is 540 g/mol. The summed E-state index contributed by atoms with van der Waals surface area (Å²) in [7, 11) is 0. The molecular formula is C29H32BrClN2O3. The van der Waals surface area contributed by atoms with Crippen LogP contribution in [-0.2, 0) is 22.6 Å². The normalized spacial score (nSPS) is 12.5. The SMILES string of the molecule is CC[C@@H](C)NC(=O)[C@H](Cc1ccccc1)N(Cc1cccc(Cl)c1)C(=O)COc1ccc(Br)c(C)c1. The molecule has 0 aliphatic heterocycles. The quantitative estimate of drug-likeness (QED) is 0.292. The number of hydrogen-bond acceptors (Lipinski definition) is 3. The first-order chi connectivity index (χ1) is 17.3. The molecule has 7 heteroatoms. The second kappa shape index (κ2) is 13.5. The lowest BCUT2D eigenvalue weighted by Crippen LogP contribution is -2.53. The average molecular weight is 572 g/mol. The number of benzene rings is 3. The first-order valence-electron chi connectivity index (χ1n) is 12.0. The van der Waals surface area contributed by atoms with Gasteiger partial charge in [0.15, 0.2) is 6.61 Å². The Morgan fingerprint density at radius 3 is 2.42 bits per heavy atom. The maximum Gasteiger partial charge on any atom is 0.261 e. The lowest BCUT2D eigenvalue weighted by molar-refractivity contribution is -0.143. The number of aryl methyl sites for hydroxylation is 1. The molecule has 2 amide bonds. The highest BCUT2D eigenvalue weighted by molar-refractivity contribution is 9.10. The van der Waals surface area contributed by atoms with Crippen LogP contribution >= 0.6 is 27.5 Å². The van der Waals surface area contributed by atoms with E-state index in [0.717, 1.165) is 27.6 Å². The number of nitrogens with one attached hydrogen (secondary N) is 1. The molecule has 190 valence electrons. The van der Waals surface area contributed by atoms with Gasteiger partial charge in [0.05, 0.1) is 0 Å². The monoisotopic (exact) mass is 570 g/mol. The third-order valence-electron chi connectivity index (χ3n) is 6.01. The van der Waals surface area contributed by atoms with Gasteiger partial charge >= 0.3 is 0 Å². The highest BCUT2D eigenvalue weighted by atomic mass is 79.9.